The molecule has 1 saturated heterocycles. The molecule has 0 spiro atoms. The van der Waals surface area contributed by atoms with Crippen LogP contribution in [-0.4, -0.2) is 31.1 Å². The minimum Gasteiger partial charge on any atom is -0.317 e. The fraction of sp³-hybridized carbons (Fsp3) is 0.571. The molecule has 1 atom stereocenters. The Morgan fingerprint density at radius 3 is 2.42 bits per heavy atom. The Morgan fingerprint density at radius 1 is 1.26 bits per heavy atom. The molecule has 1 heterocycles. The smallest absolute Gasteiger partial charge is 0.0468 e. The predicted octanol–water partition coefficient (Wildman–Crippen LogP) is 4.16. The standard InChI is InChI=1S/C14H20Cl2N2.ClH/c1-10(13-4-3-11(15)9-14(13)16)18-7-5-12(17-2)6-8-18;/h3-4,9-10,12,17H,5-8H2,1-2H3;1H. The second-order valence-corrected chi connectivity index (χ2v) is 5.78. The molecule has 1 aliphatic rings. The molecule has 108 valence electrons. The first-order valence-electron chi connectivity index (χ1n) is 6.48. The third kappa shape index (κ3) is 4.24. The summed E-state index contributed by atoms with van der Waals surface area (Å²) in [7, 11) is 2.04. The zero-order chi connectivity index (χ0) is 13.1. The summed E-state index contributed by atoms with van der Waals surface area (Å²) in [6, 6.07) is 6.80. The highest BCUT2D eigenvalue weighted by Gasteiger charge is 2.23. The molecule has 0 aromatic heterocycles. The SMILES string of the molecule is CNC1CCN(C(C)c2ccc(Cl)cc2Cl)CC1.Cl. The Bertz CT molecular complexity index is 404. The largest absolute Gasteiger partial charge is 0.317 e. The van der Waals surface area contributed by atoms with Gasteiger partial charge in [0.2, 0.25) is 0 Å². The van der Waals surface area contributed by atoms with E-state index in [0.29, 0.717) is 17.1 Å². The highest BCUT2D eigenvalue weighted by molar-refractivity contribution is 6.35. The van der Waals surface area contributed by atoms with Crippen LogP contribution in [0.25, 0.3) is 0 Å². The van der Waals surface area contributed by atoms with Crippen LogP contribution < -0.4 is 5.32 Å². The molecule has 0 aliphatic carbocycles. The molecule has 0 radical (unpaired) electrons. The molecule has 0 saturated carbocycles. The van der Waals surface area contributed by atoms with Gasteiger partial charge in [-0.2, -0.15) is 0 Å². The van der Waals surface area contributed by atoms with Crippen LogP contribution in [0.2, 0.25) is 10.0 Å². The molecule has 1 N–H and O–H groups in total. The molecule has 0 bridgehead atoms. The summed E-state index contributed by atoms with van der Waals surface area (Å²) in [5.41, 5.74) is 1.17. The first kappa shape index (κ1) is 17.1. The van der Waals surface area contributed by atoms with Crippen molar-refractivity contribution >= 4 is 35.6 Å². The summed E-state index contributed by atoms with van der Waals surface area (Å²) < 4.78 is 0. The molecule has 1 unspecified atom stereocenters. The number of nitrogens with zero attached hydrogens (tertiary/aromatic N) is 1. The van der Waals surface area contributed by atoms with Crippen molar-refractivity contribution in [3.63, 3.8) is 0 Å². The predicted molar refractivity (Wildman–Crippen MR) is 85.8 cm³/mol. The van der Waals surface area contributed by atoms with E-state index in [2.05, 4.69) is 17.1 Å². The van der Waals surface area contributed by atoms with Gasteiger partial charge in [0.25, 0.3) is 0 Å². The Labute approximate surface area is 131 Å². The van der Waals surface area contributed by atoms with Gasteiger partial charge >= 0.3 is 0 Å². The fourth-order valence-electron chi connectivity index (χ4n) is 2.61. The molecule has 2 nitrogen and oxygen atoms in total. The van der Waals surface area contributed by atoms with Crippen LogP contribution in [-0.2, 0) is 0 Å². The van der Waals surface area contributed by atoms with Gasteiger partial charge in [-0.25, -0.2) is 0 Å². The maximum absolute atomic E-state index is 6.28. The Balaban J connectivity index is 0.00000180. The maximum atomic E-state index is 6.28. The topological polar surface area (TPSA) is 15.3 Å². The van der Waals surface area contributed by atoms with E-state index in [9.17, 15) is 0 Å². The Kier molecular flexibility index (Phi) is 6.92. The van der Waals surface area contributed by atoms with Gasteiger partial charge in [0.1, 0.15) is 0 Å². The summed E-state index contributed by atoms with van der Waals surface area (Å²) >= 11 is 12.2. The second-order valence-electron chi connectivity index (χ2n) is 4.94. The lowest BCUT2D eigenvalue weighted by Gasteiger charge is -2.36. The Hall–Kier alpha value is 0.01000. The van der Waals surface area contributed by atoms with E-state index in [4.69, 9.17) is 23.2 Å². The van der Waals surface area contributed by atoms with Gasteiger partial charge in [0.15, 0.2) is 0 Å². The van der Waals surface area contributed by atoms with Gasteiger partial charge in [-0.1, -0.05) is 29.3 Å². The van der Waals surface area contributed by atoms with E-state index in [1.807, 2.05) is 25.2 Å². The van der Waals surface area contributed by atoms with Gasteiger partial charge in [-0.05, 0) is 44.5 Å². The zero-order valence-electron chi connectivity index (χ0n) is 11.3. The average molecular weight is 324 g/mol. The minimum atomic E-state index is 0. The van der Waals surface area contributed by atoms with Crippen molar-refractivity contribution in [2.75, 3.05) is 20.1 Å². The lowest BCUT2D eigenvalue weighted by molar-refractivity contribution is 0.155. The molecule has 2 rings (SSSR count). The number of hydrogen-bond acceptors (Lipinski definition) is 2. The number of halogens is 3. The molecule has 5 heteroatoms. The molecule has 19 heavy (non-hydrogen) atoms. The number of likely N-dealkylation sites (tertiary alicyclic amines) is 1. The van der Waals surface area contributed by atoms with E-state index in [0.717, 1.165) is 18.1 Å². The van der Waals surface area contributed by atoms with Crippen molar-refractivity contribution < 1.29 is 0 Å². The number of hydrogen-bond donors (Lipinski definition) is 1. The van der Waals surface area contributed by atoms with Crippen LogP contribution in [0.4, 0.5) is 0 Å². The first-order valence-corrected chi connectivity index (χ1v) is 7.23. The monoisotopic (exact) mass is 322 g/mol. The highest BCUT2D eigenvalue weighted by atomic mass is 35.5. The van der Waals surface area contributed by atoms with Crippen LogP contribution in [0.3, 0.4) is 0 Å². The maximum Gasteiger partial charge on any atom is 0.0468 e. The average Bonchev–Trinajstić information content (AvgIpc) is 2.38. The fourth-order valence-corrected chi connectivity index (χ4v) is 3.18. The van der Waals surface area contributed by atoms with E-state index in [1.165, 1.54) is 18.4 Å². The molecule has 1 fully saturated rings. The summed E-state index contributed by atoms with van der Waals surface area (Å²) in [5.74, 6) is 0. The lowest BCUT2D eigenvalue weighted by atomic mass is 10.0. The number of nitrogens with one attached hydrogen (secondary N) is 1. The summed E-state index contributed by atoms with van der Waals surface area (Å²) in [6.07, 6.45) is 2.40. The third-order valence-corrected chi connectivity index (χ3v) is 4.46. The van der Waals surface area contributed by atoms with Crippen molar-refractivity contribution in [1.82, 2.24) is 10.2 Å². The summed E-state index contributed by atoms with van der Waals surface area (Å²) in [6.45, 7) is 4.45. The van der Waals surface area contributed by atoms with Crippen molar-refractivity contribution in [1.29, 1.82) is 0 Å². The Morgan fingerprint density at radius 2 is 1.89 bits per heavy atom. The minimum absolute atomic E-state index is 0. The second kappa shape index (κ2) is 7.70. The van der Waals surface area contributed by atoms with Crippen molar-refractivity contribution in [3.05, 3.63) is 33.8 Å². The van der Waals surface area contributed by atoms with E-state index >= 15 is 0 Å². The van der Waals surface area contributed by atoms with Crippen molar-refractivity contribution in [3.8, 4) is 0 Å². The van der Waals surface area contributed by atoms with Crippen molar-refractivity contribution in [2.45, 2.75) is 31.8 Å². The molecular formula is C14H21Cl3N2. The quantitative estimate of drug-likeness (QED) is 0.898. The normalized spacial score (nSPS) is 18.9. The molecular weight excluding hydrogens is 303 g/mol. The van der Waals surface area contributed by atoms with Gasteiger partial charge in [-0.3, -0.25) is 4.90 Å². The van der Waals surface area contributed by atoms with Gasteiger partial charge in [0, 0.05) is 35.2 Å². The zero-order valence-corrected chi connectivity index (χ0v) is 13.7. The lowest BCUT2D eigenvalue weighted by Crippen LogP contribution is -2.42. The van der Waals surface area contributed by atoms with Crippen LogP contribution >= 0.6 is 35.6 Å². The van der Waals surface area contributed by atoms with Crippen molar-refractivity contribution in [2.24, 2.45) is 0 Å². The van der Waals surface area contributed by atoms with E-state index < -0.39 is 0 Å². The molecule has 0 amide bonds. The number of piperidine rings is 1. The highest BCUT2D eigenvalue weighted by Crippen LogP contribution is 2.31. The van der Waals surface area contributed by atoms with Gasteiger partial charge in [-0.15, -0.1) is 12.4 Å². The number of benzene rings is 1. The molecule has 1 aromatic rings. The first-order chi connectivity index (χ1) is 8.61. The molecule has 1 aliphatic heterocycles. The van der Waals surface area contributed by atoms with Crippen LogP contribution in [0.1, 0.15) is 31.4 Å². The van der Waals surface area contributed by atoms with Gasteiger partial charge in [0.05, 0.1) is 0 Å². The summed E-state index contributed by atoms with van der Waals surface area (Å²) in [5, 5.41) is 4.82. The van der Waals surface area contributed by atoms with Gasteiger partial charge < -0.3 is 5.32 Å². The van der Waals surface area contributed by atoms with Crippen LogP contribution in [0, 0.1) is 0 Å². The van der Waals surface area contributed by atoms with E-state index in [1.54, 1.807) is 0 Å². The summed E-state index contributed by atoms with van der Waals surface area (Å²) in [4.78, 5) is 2.49. The molecule has 1 aromatic carbocycles. The van der Waals surface area contributed by atoms with Crippen LogP contribution in [0.5, 0.6) is 0 Å². The van der Waals surface area contributed by atoms with Crippen LogP contribution in [0.15, 0.2) is 18.2 Å². The third-order valence-electron chi connectivity index (χ3n) is 3.90. The number of rotatable bonds is 3. The van der Waals surface area contributed by atoms with E-state index in [-0.39, 0.29) is 12.4 Å².